The molecule has 0 aliphatic heterocycles. The smallest absolute Gasteiger partial charge is 0.822 e. The number of hydrogen-bond donors (Lipinski definition) is 0. The molecule has 0 spiro atoms. The topological polar surface area (TPSA) is 86.2 Å². The Labute approximate surface area is 80.4 Å². The van der Waals surface area contributed by atoms with Gasteiger partial charge in [-0.25, -0.2) is 0 Å². The molecule has 1 radical (unpaired) electrons. The molecule has 8 heavy (non-hydrogen) atoms. The monoisotopic (exact) mass is 181 g/mol. The maximum absolute atomic E-state index is 8.55. The molecule has 0 unspecified atom stereocenters. The number of rotatable bonds is 0. The molecule has 0 N–H and O–H groups in total. The molecule has 0 aliphatic rings. The molecule has 0 aromatic carbocycles. The summed E-state index contributed by atoms with van der Waals surface area (Å²) in [6.45, 7) is 0. The summed E-state index contributed by atoms with van der Waals surface area (Å²) in [5.74, 6) is 0. The van der Waals surface area contributed by atoms with Crippen LogP contribution in [0.2, 0.25) is 0 Å². The fraction of sp³-hybridized carbons (Fsp3) is 0. The Balaban J connectivity index is -0.0000000267. The van der Waals surface area contributed by atoms with Crippen molar-refractivity contribution in [1.29, 1.82) is 0 Å². The summed E-state index contributed by atoms with van der Waals surface area (Å²) in [4.78, 5) is 25.6. The van der Waals surface area contributed by atoms with Gasteiger partial charge in [-0.15, -0.1) is 0 Å². The molecule has 4 nitrogen and oxygen atoms in total. The van der Waals surface area contributed by atoms with Crippen molar-refractivity contribution in [3.63, 3.8) is 0 Å². The van der Waals surface area contributed by atoms with E-state index in [9.17, 15) is 0 Å². The van der Waals surface area contributed by atoms with Gasteiger partial charge in [-0.2, -0.15) is 7.82 Å². The molecule has 0 rings (SSSR count). The normalized spacial score (nSPS) is 7.38. The van der Waals surface area contributed by atoms with Crippen LogP contribution in [-0.4, -0.2) is 17.4 Å². The molecular formula is AlCrLiO4P+4. The van der Waals surface area contributed by atoms with E-state index in [1.54, 1.807) is 0 Å². The molecule has 0 bridgehead atoms. The minimum absolute atomic E-state index is 0. The first-order valence-corrected chi connectivity index (χ1v) is 2.19. The molecule has 0 fully saturated rings. The van der Waals surface area contributed by atoms with Gasteiger partial charge in [0, 0.05) is 0 Å². The van der Waals surface area contributed by atoms with Crippen LogP contribution in [0.5, 0.6) is 0 Å². The molecule has 0 aliphatic carbocycles. The van der Waals surface area contributed by atoms with Crippen LogP contribution in [0.1, 0.15) is 0 Å². The van der Waals surface area contributed by atoms with Gasteiger partial charge in [-0.1, -0.05) is 0 Å². The Morgan fingerprint density at radius 2 is 1.12 bits per heavy atom. The van der Waals surface area contributed by atoms with Crippen molar-refractivity contribution in [2.45, 2.75) is 0 Å². The first-order chi connectivity index (χ1) is 2.00. The third kappa shape index (κ3) is 113. The van der Waals surface area contributed by atoms with E-state index in [-0.39, 0.29) is 53.6 Å². The predicted octanol–water partition coefficient (Wildman–Crippen LogP) is -6.20. The van der Waals surface area contributed by atoms with E-state index < -0.39 is 7.82 Å². The summed E-state index contributed by atoms with van der Waals surface area (Å²) in [6, 6.07) is 0. The summed E-state index contributed by atoms with van der Waals surface area (Å²) < 4.78 is 8.55. The average Bonchev–Trinajstić information content (AvgIpc) is 0.722. The van der Waals surface area contributed by atoms with Crippen LogP contribution < -0.4 is 33.5 Å². The Bertz CT molecular complexity index is 62.2. The van der Waals surface area contributed by atoms with Gasteiger partial charge in [0.1, 0.15) is 0 Å². The zero-order valence-corrected chi connectivity index (χ0v) is 7.39. The molecule has 35 valence electrons. The summed E-state index contributed by atoms with van der Waals surface area (Å²) in [6.07, 6.45) is 0. The second kappa shape index (κ2) is 8.77. The second-order valence-electron chi connectivity index (χ2n) is 0.447. The Morgan fingerprint density at radius 3 is 1.12 bits per heavy atom. The molecule has 8 heteroatoms. The van der Waals surface area contributed by atoms with Gasteiger partial charge in [0.05, 0.1) is 0 Å². The molecule has 0 saturated heterocycles. The first kappa shape index (κ1) is 22.6. The quantitative estimate of drug-likeness (QED) is 0.274. The van der Waals surface area contributed by atoms with E-state index >= 15 is 0 Å². The van der Waals surface area contributed by atoms with Gasteiger partial charge in [0.2, 0.25) is 0 Å². The summed E-state index contributed by atoms with van der Waals surface area (Å²) >= 11 is 0. The van der Waals surface area contributed by atoms with Crippen molar-refractivity contribution in [2.24, 2.45) is 0 Å². The summed E-state index contributed by atoms with van der Waals surface area (Å²) in [7, 11) is -5.39. The molecular weight excluding hydrogens is 181 g/mol. The van der Waals surface area contributed by atoms with Gasteiger partial charge >= 0.3 is 53.6 Å². The first-order valence-electron chi connectivity index (χ1n) is 0.730. The van der Waals surface area contributed by atoms with Crippen LogP contribution in [0.25, 0.3) is 0 Å². The maximum atomic E-state index is 8.55. The fourth-order valence-electron chi connectivity index (χ4n) is 0. The largest absolute Gasteiger partial charge is 3.00 e. The summed E-state index contributed by atoms with van der Waals surface area (Å²) in [5.41, 5.74) is 0. The van der Waals surface area contributed by atoms with E-state index in [0.717, 1.165) is 0 Å². The second-order valence-corrected chi connectivity index (χ2v) is 1.34. The van der Waals surface area contributed by atoms with Gasteiger partial charge in [0.15, 0.2) is 0 Å². The molecule has 0 heterocycles. The van der Waals surface area contributed by atoms with E-state index in [0.29, 0.717) is 0 Å². The van der Waals surface area contributed by atoms with Crippen molar-refractivity contribution in [1.82, 2.24) is 0 Å². The van der Waals surface area contributed by atoms with E-state index in [4.69, 9.17) is 19.2 Å². The van der Waals surface area contributed by atoms with Gasteiger partial charge in [0.25, 0.3) is 0 Å². The Hall–Kier alpha value is 1.77. The fourth-order valence-corrected chi connectivity index (χ4v) is 0. The summed E-state index contributed by atoms with van der Waals surface area (Å²) in [5, 5.41) is 0. The van der Waals surface area contributed by atoms with Crippen LogP contribution in [0.15, 0.2) is 0 Å². The SMILES string of the molecule is O=P([O-])([O-])[O-].[Al+3].[Cr+3].[Li+]. The van der Waals surface area contributed by atoms with Crippen LogP contribution in [0, 0.1) is 0 Å². The minimum Gasteiger partial charge on any atom is -0.822 e. The van der Waals surface area contributed by atoms with Crippen molar-refractivity contribution < 1.29 is 55.5 Å². The Morgan fingerprint density at radius 1 is 1.12 bits per heavy atom. The average molecular weight is 181 g/mol. The van der Waals surface area contributed by atoms with Crippen molar-refractivity contribution in [3.8, 4) is 0 Å². The molecule has 0 amide bonds. The van der Waals surface area contributed by atoms with Crippen molar-refractivity contribution in [3.05, 3.63) is 0 Å². The number of phosphoric acid groups is 1. The molecule has 0 saturated carbocycles. The zero-order valence-electron chi connectivity index (χ0n) is 4.07. The molecule has 0 aromatic rings. The third-order valence-corrected chi connectivity index (χ3v) is 0. The van der Waals surface area contributed by atoms with E-state index in [1.165, 1.54) is 0 Å². The molecule has 0 aromatic heterocycles. The van der Waals surface area contributed by atoms with E-state index in [1.807, 2.05) is 0 Å². The van der Waals surface area contributed by atoms with Gasteiger partial charge in [-0.3, -0.25) is 0 Å². The molecule has 0 atom stereocenters. The standard InChI is InChI=1S/Al.Cr.Li.H3O4P/c;;;1-5(2,3)4/h;;;(H3,1,2,3,4)/q2*+3;+1;/p-3. The van der Waals surface area contributed by atoms with E-state index in [2.05, 4.69) is 0 Å². The van der Waals surface area contributed by atoms with Crippen LogP contribution in [0.4, 0.5) is 0 Å². The van der Waals surface area contributed by atoms with Crippen LogP contribution >= 0.6 is 7.82 Å². The third-order valence-electron chi connectivity index (χ3n) is 0. The van der Waals surface area contributed by atoms with Crippen LogP contribution in [0.3, 0.4) is 0 Å². The minimum atomic E-state index is -5.39. The zero-order chi connectivity index (χ0) is 4.50. The Kier molecular flexibility index (Phi) is 24.7. The maximum Gasteiger partial charge on any atom is 3.00 e. The van der Waals surface area contributed by atoms with Gasteiger partial charge < -0.3 is 19.2 Å². The predicted molar refractivity (Wildman–Crippen MR) is 13.4 cm³/mol. The van der Waals surface area contributed by atoms with Crippen LogP contribution in [-0.2, 0) is 21.9 Å². The van der Waals surface area contributed by atoms with Crippen molar-refractivity contribution >= 4 is 25.2 Å². The van der Waals surface area contributed by atoms with Gasteiger partial charge in [-0.05, 0) is 0 Å². The van der Waals surface area contributed by atoms with Crippen molar-refractivity contribution in [2.75, 3.05) is 0 Å². The number of hydrogen-bond acceptors (Lipinski definition) is 4.